The number of rotatable bonds is 8. The van der Waals surface area contributed by atoms with Crippen molar-refractivity contribution < 1.29 is 13.9 Å². The van der Waals surface area contributed by atoms with Crippen LogP contribution >= 0.6 is 0 Å². The highest BCUT2D eigenvalue weighted by molar-refractivity contribution is 5.21. The third-order valence-corrected chi connectivity index (χ3v) is 1.99. The number of hydrogen-bond donors (Lipinski definition) is 1. The zero-order valence-corrected chi connectivity index (χ0v) is 9.54. The van der Waals surface area contributed by atoms with E-state index in [1.165, 1.54) is 12.1 Å². The van der Waals surface area contributed by atoms with E-state index >= 15 is 0 Å². The number of hydrogen-bond acceptors (Lipinski definition) is 3. The van der Waals surface area contributed by atoms with Crippen molar-refractivity contribution in [3.63, 3.8) is 0 Å². The normalized spacial score (nSPS) is 10.4. The molecule has 0 spiro atoms. The minimum absolute atomic E-state index is 0.248. The zero-order valence-electron chi connectivity index (χ0n) is 9.54. The van der Waals surface area contributed by atoms with Gasteiger partial charge in [-0.15, -0.1) is 0 Å². The van der Waals surface area contributed by atoms with Gasteiger partial charge in [-0.1, -0.05) is 0 Å². The molecule has 1 rings (SSSR count). The highest BCUT2D eigenvalue weighted by Gasteiger charge is 1.94. The van der Waals surface area contributed by atoms with Gasteiger partial charge in [-0.3, -0.25) is 0 Å². The Hall–Kier alpha value is -1.13. The number of ether oxygens (including phenoxy) is 2. The summed E-state index contributed by atoms with van der Waals surface area (Å²) in [6, 6.07) is 6.01. The second-order valence-corrected chi connectivity index (χ2v) is 3.25. The third kappa shape index (κ3) is 5.68. The molecule has 3 nitrogen and oxygen atoms in total. The summed E-state index contributed by atoms with van der Waals surface area (Å²) in [5.74, 6) is 0.440. The molecule has 0 saturated carbocycles. The molecular formula is C12H18FNO2. The maximum absolute atomic E-state index is 12.6. The summed E-state index contributed by atoms with van der Waals surface area (Å²) >= 11 is 0. The Morgan fingerprint density at radius 2 is 1.81 bits per heavy atom. The lowest BCUT2D eigenvalue weighted by atomic mass is 10.3. The zero-order chi connectivity index (χ0) is 11.6. The minimum Gasteiger partial charge on any atom is -0.492 e. The Morgan fingerprint density at radius 3 is 2.50 bits per heavy atom. The van der Waals surface area contributed by atoms with Crippen LogP contribution in [0.3, 0.4) is 0 Å². The first-order valence-corrected chi connectivity index (χ1v) is 5.49. The molecule has 16 heavy (non-hydrogen) atoms. The summed E-state index contributed by atoms with van der Waals surface area (Å²) in [5, 5.41) is 3.18. The maximum Gasteiger partial charge on any atom is 0.123 e. The van der Waals surface area contributed by atoms with Gasteiger partial charge in [0, 0.05) is 19.7 Å². The van der Waals surface area contributed by atoms with Gasteiger partial charge in [0.1, 0.15) is 18.2 Å². The van der Waals surface area contributed by atoms with Crippen LogP contribution in [-0.2, 0) is 4.74 Å². The first kappa shape index (κ1) is 12.9. The molecule has 0 radical (unpaired) electrons. The van der Waals surface area contributed by atoms with E-state index < -0.39 is 0 Å². The quantitative estimate of drug-likeness (QED) is 0.687. The first-order chi connectivity index (χ1) is 7.83. The fourth-order valence-corrected chi connectivity index (χ4v) is 1.19. The second-order valence-electron chi connectivity index (χ2n) is 3.25. The van der Waals surface area contributed by atoms with Crippen LogP contribution in [0.15, 0.2) is 24.3 Å². The predicted molar refractivity (Wildman–Crippen MR) is 61.3 cm³/mol. The fourth-order valence-electron chi connectivity index (χ4n) is 1.19. The number of nitrogens with one attached hydrogen (secondary N) is 1. The lowest BCUT2D eigenvalue weighted by Crippen LogP contribution is -2.24. The molecule has 0 unspecified atom stereocenters. The molecule has 0 atom stereocenters. The van der Waals surface area contributed by atoms with Crippen molar-refractivity contribution in [1.82, 2.24) is 5.32 Å². The van der Waals surface area contributed by atoms with Crippen molar-refractivity contribution in [2.24, 2.45) is 0 Å². The molecule has 0 fully saturated rings. The summed E-state index contributed by atoms with van der Waals surface area (Å²) in [5.41, 5.74) is 0. The smallest absolute Gasteiger partial charge is 0.123 e. The van der Waals surface area contributed by atoms with Crippen molar-refractivity contribution >= 4 is 0 Å². The van der Waals surface area contributed by atoms with Crippen LogP contribution in [0.4, 0.5) is 4.39 Å². The van der Waals surface area contributed by atoms with Gasteiger partial charge in [-0.05, 0) is 31.2 Å². The number of halogens is 1. The SMILES string of the molecule is CCOCCNCCOc1ccc(F)cc1. The molecule has 0 heterocycles. The second kappa shape index (κ2) is 8.07. The number of benzene rings is 1. The molecule has 1 aromatic rings. The van der Waals surface area contributed by atoms with Crippen LogP contribution in [0.1, 0.15) is 6.92 Å². The van der Waals surface area contributed by atoms with Crippen LogP contribution in [0, 0.1) is 5.82 Å². The van der Waals surface area contributed by atoms with Crippen molar-refractivity contribution in [2.75, 3.05) is 32.9 Å². The fraction of sp³-hybridized carbons (Fsp3) is 0.500. The maximum atomic E-state index is 12.6. The average molecular weight is 227 g/mol. The topological polar surface area (TPSA) is 30.5 Å². The van der Waals surface area contributed by atoms with Crippen LogP contribution in [0.25, 0.3) is 0 Å². The van der Waals surface area contributed by atoms with Crippen molar-refractivity contribution in [2.45, 2.75) is 6.92 Å². The summed E-state index contributed by atoms with van der Waals surface area (Å²) in [6.07, 6.45) is 0. The van der Waals surface area contributed by atoms with Gasteiger partial charge in [0.25, 0.3) is 0 Å². The summed E-state index contributed by atoms with van der Waals surface area (Å²) in [7, 11) is 0. The van der Waals surface area contributed by atoms with Gasteiger partial charge in [0.2, 0.25) is 0 Å². The lowest BCUT2D eigenvalue weighted by molar-refractivity contribution is 0.148. The van der Waals surface area contributed by atoms with E-state index in [0.717, 1.165) is 19.7 Å². The van der Waals surface area contributed by atoms with E-state index in [2.05, 4.69) is 5.32 Å². The van der Waals surface area contributed by atoms with Gasteiger partial charge in [0.05, 0.1) is 6.61 Å². The molecule has 0 aliphatic rings. The molecular weight excluding hydrogens is 209 g/mol. The van der Waals surface area contributed by atoms with Gasteiger partial charge < -0.3 is 14.8 Å². The van der Waals surface area contributed by atoms with Crippen molar-refractivity contribution in [3.05, 3.63) is 30.1 Å². The van der Waals surface area contributed by atoms with E-state index in [9.17, 15) is 4.39 Å². The van der Waals surface area contributed by atoms with E-state index in [4.69, 9.17) is 9.47 Å². The Balaban J connectivity index is 2.01. The lowest BCUT2D eigenvalue weighted by Gasteiger charge is -2.07. The molecule has 0 saturated heterocycles. The Labute approximate surface area is 95.6 Å². The van der Waals surface area contributed by atoms with Crippen LogP contribution in [0.5, 0.6) is 5.75 Å². The molecule has 90 valence electrons. The van der Waals surface area contributed by atoms with Crippen molar-refractivity contribution in [3.8, 4) is 5.75 Å². The average Bonchev–Trinajstić information content (AvgIpc) is 2.30. The molecule has 0 aromatic heterocycles. The molecule has 0 amide bonds. The molecule has 1 N–H and O–H groups in total. The Bertz CT molecular complexity index is 277. The van der Waals surface area contributed by atoms with E-state index in [1.807, 2.05) is 6.92 Å². The van der Waals surface area contributed by atoms with Gasteiger partial charge in [0.15, 0.2) is 0 Å². The van der Waals surface area contributed by atoms with Gasteiger partial charge in [-0.25, -0.2) is 4.39 Å². The Kier molecular flexibility index (Phi) is 6.53. The van der Waals surface area contributed by atoms with E-state index in [0.29, 0.717) is 19.0 Å². The van der Waals surface area contributed by atoms with E-state index in [-0.39, 0.29) is 5.82 Å². The first-order valence-electron chi connectivity index (χ1n) is 5.49. The summed E-state index contributed by atoms with van der Waals surface area (Å²) in [4.78, 5) is 0. The van der Waals surface area contributed by atoms with Gasteiger partial charge >= 0.3 is 0 Å². The predicted octanol–water partition coefficient (Wildman–Crippen LogP) is 1.83. The largest absolute Gasteiger partial charge is 0.492 e. The van der Waals surface area contributed by atoms with E-state index in [1.54, 1.807) is 12.1 Å². The third-order valence-electron chi connectivity index (χ3n) is 1.99. The summed E-state index contributed by atoms with van der Waals surface area (Å²) < 4.78 is 23.1. The molecule has 0 bridgehead atoms. The minimum atomic E-state index is -0.248. The standard InChI is InChI=1S/C12H18FNO2/c1-2-15-9-7-14-8-10-16-12-5-3-11(13)4-6-12/h3-6,14H,2,7-10H2,1H3. The van der Waals surface area contributed by atoms with Gasteiger partial charge in [-0.2, -0.15) is 0 Å². The highest BCUT2D eigenvalue weighted by Crippen LogP contribution is 2.10. The molecule has 0 aliphatic carbocycles. The molecule has 1 aromatic carbocycles. The molecule has 4 heteroatoms. The Morgan fingerprint density at radius 1 is 1.12 bits per heavy atom. The molecule has 0 aliphatic heterocycles. The van der Waals surface area contributed by atoms with Crippen LogP contribution < -0.4 is 10.1 Å². The highest BCUT2D eigenvalue weighted by atomic mass is 19.1. The summed E-state index contributed by atoms with van der Waals surface area (Å²) in [6.45, 7) is 5.57. The van der Waals surface area contributed by atoms with Crippen molar-refractivity contribution in [1.29, 1.82) is 0 Å². The van der Waals surface area contributed by atoms with Crippen LogP contribution in [0.2, 0.25) is 0 Å². The monoisotopic (exact) mass is 227 g/mol. The van der Waals surface area contributed by atoms with Crippen LogP contribution in [-0.4, -0.2) is 32.9 Å².